The van der Waals surface area contributed by atoms with E-state index >= 15 is 0 Å². The summed E-state index contributed by atoms with van der Waals surface area (Å²) in [4.78, 5) is 28.9. The number of imidazole rings is 2. The molecular weight excluding hydrogens is 342 g/mol. The predicted molar refractivity (Wildman–Crippen MR) is 99.2 cm³/mol. The first-order valence-electron chi connectivity index (χ1n) is 9.09. The summed E-state index contributed by atoms with van der Waals surface area (Å²) in [5, 5.41) is 9.16. The zero-order valence-corrected chi connectivity index (χ0v) is 14.6. The van der Waals surface area contributed by atoms with Gasteiger partial charge >= 0.3 is 5.69 Å². The molecule has 1 saturated carbocycles. The Hall–Kier alpha value is -3.47. The molecule has 0 spiro atoms. The van der Waals surface area contributed by atoms with Crippen molar-refractivity contribution in [3.8, 4) is 17.6 Å². The van der Waals surface area contributed by atoms with Gasteiger partial charge in [-0.05, 0) is 25.0 Å². The third kappa shape index (κ3) is 2.51. The van der Waals surface area contributed by atoms with E-state index in [9.17, 15) is 4.79 Å². The lowest BCUT2D eigenvalue weighted by molar-refractivity contribution is 0.352. The Kier molecular flexibility index (Phi) is 3.53. The highest BCUT2D eigenvalue weighted by Crippen LogP contribution is 2.29. The zero-order valence-electron chi connectivity index (χ0n) is 14.6. The van der Waals surface area contributed by atoms with Crippen molar-refractivity contribution in [1.29, 1.82) is 5.26 Å². The van der Waals surface area contributed by atoms with Crippen LogP contribution in [-0.4, -0.2) is 28.9 Å². The van der Waals surface area contributed by atoms with Gasteiger partial charge in [0, 0.05) is 12.2 Å². The normalized spacial score (nSPS) is 15.4. The second kappa shape index (κ2) is 6.06. The predicted octanol–water partition coefficient (Wildman–Crippen LogP) is 2.81. The van der Waals surface area contributed by atoms with E-state index in [2.05, 4.69) is 21.0 Å². The molecule has 134 valence electrons. The molecule has 0 saturated heterocycles. The maximum Gasteiger partial charge on any atom is 0.327 e. The van der Waals surface area contributed by atoms with Crippen LogP contribution in [0.15, 0.2) is 35.5 Å². The van der Waals surface area contributed by atoms with Gasteiger partial charge in [0.05, 0.1) is 18.0 Å². The molecule has 1 aliphatic carbocycles. The van der Waals surface area contributed by atoms with Gasteiger partial charge in [-0.15, -0.1) is 0 Å². The summed E-state index contributed by atoms with van der Waals surface area (Å²) in [6, 6.07) is 5.82. The van der Waals surface area contributed by atoms with E-state index in [1.54, 1.807) is 39.7 Å². The highest BCUT2D eigenvalue weighted by molar-refractivity contribution is 5.72. The topological polar surface area (TPSA) is 105 Å². The maximum atomic E-state index is 12.5. The van der Waals surface area contributed by atoms with Crippen molar-refractivity contribution < 1.29 is 0 Å². The Morgan fingerprint density at radius 1 is 1.15 bits per heavy atom. The van der Waals surface area contributed by atoms with Gasteiger partial charge < -0.3 is 4.98 Å². The molecule has 0 bridgehead atoms. The van der Waals surface area contributed by atoms with Crippen LogP contribution < -0.4 is 5.69 Å². The summed E-state index contributed by atoms with van der Waals surface area (Å²) in [6.45, 7) is 0. The number of nitrogens with zero attached hydrogens (tertiary/aromatic N) is 6. The molecule has 0 aliphatic heterocycles. The average molecular weight is 359 g/mol. The molecule has 0 radical (unpaired) electrons. The molecule has 1 N–H and O–H groups in total. The van der Waals surface area contributed by atoms with Gasteiger partial charge in [-0.2, -0.15) is 5.26 Å². The van der Waals surface area contributed by atoms with Gasteiger partial charge in [0.2, 0.25) is 0 Å². The minimum Gasteiger partial charge on any atom is -0.303 e. The minimum atomic E-state index is -0.131. The molecule has 0 unspecified atom stereocenters. The highest BCUT2D eigenvalue weighted by Gasteiger charge is 2.21. The highest BCUT2D eigenvalue weighted by atomic mass is 16.1. The summed E-state index contributed by atoms with van der Waals surface area (Å²) in [7, 11) is 0. The number of hydrogen-bond acceptors (Lipinski definition) is 5. The molecule has 0 atom stereocenters. The summed E-state index contributed by atoms with van der Waals surface area (Å²) in [5.41, 5.74) is 3.07. The fourth-order valence-corrected chi connectivity index (χ4v) is 3.93. The second-order valence-electron chi connectivity index (χ2n) is 6.92. The van der Waals surface area contributed by atoms with E-state index in [0.29, 0.717) is 33.9 Å². The average Bonchev–Trinajstić information content (AvgIpc) is 3.27. The minimum absolute atomic E-state index is 0.131. The lowest BCUT2D eigenvalue weighted by atomic mass is 9.95. The Morgan fingerprint density at radius 3 is 2.81 bits per heavy atom. The van der Waals surface area contributed by atoms with Crippen LogP contribution in [0.3, 0.4) is 0 Å². The molecule has 1 fully saturated rings. The summed E-state index contributed by atoms with van der Waals surface area (Å²) in [5.74, 6) is 0.480. The van der Waals surface area contributed by atoms with Crippen LogP contribution in [-0.2, 0) is 0 Å². The molecule has 5 rings (SSSR count). The van der Waals surface area contributed by atoms with E-state index in [1.165, 1.54) is 6.42 Å². The van der Waals surface area contributed by atoms with E-state index in [1.807, 2.05) is 0 Å². The SMILES string of the molecule is N#Cc1ccc2ncc(-c3ncc4[nH]c(=O)n(C5CCCCC5)c4n3)n2c1. The molecule has 4 heterocycles. The standard InChI is InChI=1S/C19H17N7O/c20-8-12-6-7-16-21-10-15(25(16)11-12)17-22-9-14-18(24-17)26(19(27)23-14)13-4-2-1-3-5-13/h6-7,9-11,13H,1-5H2,(H,23,27). The third-order valence-electron chi connectivity index (χ3n) is 5.26. The van der Waals surface area contributed by atoms with Crippen molar-refractivity contribution in [1.82, 2.24) is 28.9 Å². The van der Waals surface area contributed by atoms with Crippen LogP contribution in [0.25, 0.3) is 28.3 Å². The van der Waals surface area contributed by atoms with Crippen molar-refractivity contribution in [3.05, 3.63) is 46.8 Å². The zero-order chi connectivity index (χ0) is 18.4. The van der Waals surface area contributed by atoms with E-state index < -0.39 is 0 Å². The molecule has 1 aliphatic rings. The number of nitriles is 1. The molecule has 8 nitrogen and oxygen atoms in total. The fourth-order valence-electron chi connectivity index (χ4n) is 3.93. The number of fused-ring (bicyclic) bond motifs is 2. The first kappa shape index (κ1) is 15.8. The third-order valence-corrected chi connectivity index (χ3v) is 5.26. The Labute approximate surface area is 154 Å². The Bertz CT molecular complexity index is 1250. The number of H-pyrrole nitrogens is 1. The van der Waals surface area contributed by atoms with Crippen LogP contribution >= 0.6 is 0 Å². The number of rotatable bonds is 2. The smallest absolute Gasteiger partial charge is 0.303 e. The van der Waals surface area contributed by atoms with Crippen LogP contribution in [0.1, 0.15) is 43.7 Å². The number of pyridine rings is 1. The van der Waals surface area contributed by atoms with Crippen LogP contribution in [0.5, 0.6) is 0 Å². The summed E-state index contributed by atoms with van der Waals surface area (Å²) < 4.78 is 3.58. The van der Waals surface area contributed by atoms with E-state index in [0.717, 1.165) is 25.7 Å². The molecule has 4 aromatic rings. The molecular formula is C19H17N7O. The molecule has 0 amide bonds. The molecule has 8 heteroatoms. The van der Waals surface area contributed by atoms with E-state index in [4.69, 9.17) is 10.2 Å². The van der Waals surface area contributed by atoms with Gasteiger partial charge in [-0.3, -0.25) is 8.97 Å². The number of hydrogen-bond donors (Lipinski definition) is 1. The molecule has 0 aromatic carbocycles. The van der Waals surface area contributed by atoms with Gasteiger partial charge in [0.15, 0.2) is 11.5 Å². The Balaban J connectivity index is 1.69. The number of aromatic nitrogens is 6. The summed E-state index contributed by atoms with van der Waals surface area (Å²) >= 11 is 0. The lowest BCUT2D eigenvalue weighted by Gasteiger charge is -2.22. The maximum absolute atomic E-state index is 12.5. The fraction of sp³-hybridized carbons (Fsp3) is 0.316. The molecule has 27 heavy (non-hydrogen) atoms. The van der Waals surface area contributed by atoms with Gasteiger partial charge in [-0.25, -0.2) is 19.7 Å². The van der Waals surface area contributed by atoms with Crippen molar-refractivity contribution in [3.63, 3.8) is 0 Å². The summed E-state index contributed by atoms with van der Waals surface area (Å²) in [6.07, 6.45) is 10.5. The van der Waals surface area contributed by atoms with Gasteiger partial charge in [0.1, 0.15) is 22.9 Å². The lowest BCUT2D eigenvalue weighted by Crippen LogP contribution is -2.24. The second-order valence-corrected chi connectivity index (χ2v) is 6.92. The van der Waals surface area contributed by atoms with Crippen molar-refractivity contribution in [2.45, 2.75) is 38.1 Å². The van der Waals surface area contributed by atoms with Crippen molar-refractivity contribution >= 4 is 16.8 Å². The van der Waals surface area contributed by atoms with Gasteiger partial charge in [0.25, 0.3) is 0 Å². The molecule has 4 aromatic heterocycles. The largest absolute Gasteiger partial charge is 0.327 e. The monoisotopic (exact) mass is 359 g/mol. The van der Waals surface area contributed by atoms with Gasteiger partial charge in [-0.1, -0.05) is 19.3 Å². The first-order valence-corrected chi connectivity index (χ1v) is 9.09. The quantitative estimate of drug-likeness (QED) is 0.592. The van der Waals surface area contributed by atoms with Crippen LogP contribution in [0.2, 0.25) is 0 Å². The Morgan fingerprint density at radius 2 is 2.00 bits per heavy atom. The first-order chi connectivity index (χ1) is 13.2. The van der Waals surface area contributed by atoms with E-state index in [-0.39, 0.29) is 11.7 Å². The van der Waals surface area contributed by atoms with Crippen molar-refractivity contribution in [2.75, 3.05) is 0 Å². The number of aromatic amines is 1. The van der Waals surface area contributed by atoms with Crippen molar-refractivity contribution in [2.24, 2.45) is 0 Å². The van der Waals surface area contributed by atoms with Crippen LogP contribution in [0.4, 0.5) is 0 Å². The van der Waals surface area contributed by atoms with Crippen LogP contribution in [0, 0.1) is 11.3 Å². The number of nitrogens with one attached hydrogen (secondary N) is 1.